The molecule has 23 heavy (non-hydrogen) atoms. The van der Waals surface area contributed by atoms with Crippen LogP contribution in [0.3, 0.4) is 0 Å². The van der Waals surface area contributed by atoms with E-state index >= 15 is 0 Å². The molecular weight excluding hydrogens is 304 g/mol. The number of amides is 2. The molecule has 3 N–H and O–H groups in total. The molecule has 0 radical (unpaired) electrons. The zero-order valence-corrected chi connectivity index (χ0v) is 12.6. The Balaban J connectivity index is 1.77. The van der Waals surface area contributed by atoms with E-state index in [2.05, 4.69) is 16.0 Å². The Morgan fingerprint density at radius 3 is 2.48 bits per heavy atom. The summed E-state index contributed by atoms with van der Waals surface area (Å²) in [4.78, 5) is 22.8. The van der Waals surface area contributed by atoms with Crippen molar-refractivity contribution in [1.82, 2.24) is 10.6 Å². The van der Waals surface area contributed by atoms with Crippen molar-refractivity contribution < 1.29 is 18.4 Å². The molecule has 124 valence electrons. The van der Waals surface area contributed by atoms with Gasteiger partial charge in [-0.15, -0.1) is 0 Å². The zero-order valence-electron chi connectivity index (χ0n) is 12.6. The number of rotatable bonds is 3. The van der Waals surface area contributed by atoms with Crippen LogP contribution in [-0.2, 0) is 9.59 Å². The Hall–Kier alpha value is -2.02. The van der Waals surface area contributed by atoms with Gasteiger partial charge >= 0.3 is 0 Å². The number of hydrogen-bond donors (Lipinski definition) is 3. The highest BCUT2D eigenvalue weighted by Crippen LogP contribution is 2.31. The smallest absolute Gasteiger partial charge is 0.249 e. The Morgan fingerprint density at radius 1 is 1.04 bits per heavy atom. The Morgan fingerprint density at radius 2 is 1.78 bits per heavy atom. The molecule has 2 saturated heterocycles. The normalized spacial score (nSPS) is 22.8. The van der Waals surface area contributed by atoms with Crippen molar-refractivity contribution >= 4 is 17.5 Å². The van der Waals surface area contributed by atoms with Gasteiger partial charge in [0, 0.05) is 6.42 Å². The Labute approximate surface area is 132 Å². The maximum absolute atomic E-state index is 14.4. The van der Waals surface area contributed by atoms with E-state index in [1.165, 1.54) is 6.07 Å². The third-order valence-corrected chi connectivity index (χ3v) is 4.46. The average molecular weight is 323 g/mol. The third-order valence-electron chi connectivity index (χ3n) is 4.46. The highest BCUT2D eigenvalue weighted by atomic mass is 19.2. The summed E-state index contributed by atoms with van der Waals surface area (Å²) >= 11 is 0. The molecule has 0 aromatic heterocycles. The Bertz CT molecular complexity index is 630. The summed E-state index contributed by atoms with van der Waals surface area (Å²) < 4.78 is 28.7. The Kier molecular flexibility index (Phi) is 4.56. The summed E-state index contributed by atoms with van der Waals surface area (Å²) in [5.74, 6) is -2.67. The number of halogens is 2. The maximum Gasteiger partial charge on any atom is 0.249 e. The molecule has 0 bridgehead atoms. The monoisotopic (exact) mass is 323 g/mol. The molecule has 2 amide bonds. The summed E-state index contributed by atoms with van der Waals surface area (Å²) in [7, 11) is 0. The van der Waals surface area contributed by atoms with Crippen LogP contribution in [0.2, 0.25) is 0 Å². The molecule has 0 spiro atoms. The predicted molar refractivity (Wildman–Crippen MR) is 81.0 cm³/mol. The van der Waals surface area contributed by atoms with Crippen LogP contribution in [0.5, 0.6) is 0 Å². The minimum absolute atomic E-state index is 0.00963. The maximum atomic E-state index is 14.4. The van der Waals surface area contributed by atoms with Crippen molar-refractivity contribution in [2.45, 2.75) is 37.6 Å². The summed E-state index contributed by atoms with van der Waals surface area (Å²) in [6.45, 7) is 1.59. The molecule has 0 aliphatic carbocycles. The predicted octanol–water partition coefficient (Wildman–Crippen LogP) is 1.65. The lowest BCUT2D eigenvalue weighted by atomic mass is 9.89. The summed E-state index contributed by atoms with van der Waals surface area (Å²) in [5.41, 5.74) is 0.340. The van der Waals surface area contributed by atoms with Crippen LogP contribution in [0.4, 0.5) is 14.5 Å². The SMILES string of the molecule is O=C1CCC(Nc2ccc(C3CCNCC3)c(F)c2F)C(=O)N1. The third kappa shape index (κ3) is 3.34. The molecule has 3 rings (SSSR count). The molecule has 1 atom stereocenters. The summed E-state index contributed by atoms with van der Waals surface area (Å²) in [5, 5.41) is 8.07. The topological polar surface area (TPSA) is 70.2 Å². The van der Waals surface area contributed by atoms with Gasteiger partial charge in [0.15, 0.2) is 11.6 Å². The number of anilines is 1. The highest BCUT2D eigenvalue weighted by molar-refractivity contribution is 6.01. The quantitative estimate of drug-likeness (QED) is 0.740. The lowest BCUT2D eigenvalue weighted by molar-refractivity contribution is -0.133. The number of benzene rings is 1. The second-order valence-corrected chi connectivity index (χ2v) is 6.00. The number of imide groups is 1. The molecule has 1 unspecified atom stereocenters. The minimum Gasteiger partial charge on any atom is -0.371 e. The van der Waals surface area contributed by atoms with E-state index in [1.54, 1.807) is 6.07 Å². The minimum atomic E-state index is -0.967. The van der Waals surface area contributed by atoms with E-state index in [-0.39, 0.29) is 30.4 Å². The van der Waals surface area contributed by atoms with E-state index < -0.39 is 23.6 Å². The fraction of sp³-hybridized carbons (Fsp3) is 0.500. The van der Waals surface area contributed by atoms with Gasteiger partial charge in [0.25, 0.3) is 0 Å². The van der Waals surface area contributed by atoms with Crippen molar-refractivity contribution in [2.24, 2.45) is 0 Å². The van der Waals surface area contributed by atoms with Crippen LogP contribution in [0, 0.1) is 11.6 Å². The lowest BCUT2D eigenvalue weighted by Gasteiger charge is -2.25. The van der Waals surface area contributed by atoms with Crippen LogP contribution < -0.4 is 16.0 Å². The van der Waals surface area contributed by atoms with Crippen LogP contribution >= 0.6 is 0 Å². The van der Waals surface area contributed by atoms with E-state index in [9.17, 15) is 18.4 Å². The van der Waals surface area contributed by atoms with Crippen LogP contribution in [0.15, 0.2) is 12.1 Å². The molecule has 5 nitrogen and oxygen atoms in total. The first-order chi connectivity index (χ1) is 11.1. The largest absolute Gasteiger partial charge is 0.371 e. The number of carbonyl (C=O) groups excluding carboxylic acids is 2. The average Bonchev–Trinajstić information content (AvgIpc) is 2.55. The summed E-state index contributed by atoms with van der Waals surface area (Å²) in [6.07, 6.45) is 2.00. The second-order valence-electron chi connectivity index (χ2n) is 6.00. The molecule has 7 heteroatoms. The van der Waals surface area contributed by atoms with Gasteiger partial charge in [-0.1, -0.05) is 6.07 Å². The second kappa shape index (κ2) is 6.62. The van der Waals surface area contributed by atoms with Gasteiger partial charge in [-0.25, -0.2) is 8.78 Å². The number of nitrogens with one attached hydrogen (secondary N) is 3. The molecule has 1 aromatic rings. The summed E-state index contributed by atoms with van der Waals surface area (Å²) in [6, 6.07) is 2.33. The number of hydrogen-bond acceptors (Lipinski definition) is 4. The van der Waals surface area contributed by atoms with Crippen molar-refractivity contribution in [3.05, 3.63) is 29.3 Å². The molecular formula is C16H19F2N3O2. The van der Waals surface area contributed by atoms with Crippen molar-refractivity contribution in [3.8, 4) is 0 Å². The lowest BCUT2D eigenvalue weighted by Crippen LogP contribution is -2.47. The first-order valence-electron chi connectivity index (χ1n) is 7.85. The van der Waals surface area contributed by atoms with Crippen LogP contribution in [-0.4, -0.2) is 30.9 Å². The van der Waals surface area contributed by atoms with Crippen LogP contribution in [0.1, 0.15) is 37.2 Å². The molecule has 2 fully saturated rings. The van der Waals surface area contributed by atoms with Gasteiger partial charge in [0.2, 0.25) is 11.8 Å². The van der Waals surface area contributed by atoms with Gasteiger partial charge in [-0.05, 0) is 49.9 Å². The molecule has 2 aliphatic rings. The van der Waals surface area contributed by atoms with Crippen molar-refractivity contribution in [1.29, 1.82) is 0 Å². The fourth-order valence-electron chi connectivity index (χ4n) is 3.14. The standard InChI is InChI=1S/C16H19F2N3O2/c17-14-10(9-5-7-19-8-6-9)1-2-11(15(14)18)20-12-3-4-13(22)21-16(12)23/h1-2,9,12,19-20H,3-8H2,(H,21,22,23). The van der Waals surface area contributed by atoms with Gasteiger partial charge in [-0.2, -0.15) is 0 Å². The van der Waals surface area contributed by atoms with E-state index in [0.717, 1.165) is 25.9 Å². The van der Waals surface area contributed by atoms with E-state index in [4.69, 9.17) is 0 Å². The zero-order chi connectivity index (χ0) is 16.4. The van der Waals surface area contributed by atoms with E-state index in [0.29, 0.717) is 5.56 Å². The molecule has 1 aromatic carbocycles. The first-order valence-corrected chi connectivity index (χ1v) is 7.85. The van der Waals surface area contributed by atoms with Crippen molar-refractivity contribution in [2.75, 3.05) is 18.4 Å². The highest BCUT2D eigenvalue weighted by Gasteiger charge is 2.28. The molecule has 2 aliphatic heterocycles. The van der Waals surface area contributed by atoms with Gasteiger partial charge in [-0.3, -0.25) is 14.9 Å². The number of piperidine rings is 2. The fourth-order valence-corrected chi connectivity index (χ4v) is 3.14. The van der Waals surface area contributed by atoms with E-state index in [1.807, 2.05) is 0 Å². The molecule has 2 heterocycles. The van der Waals surface area contributed by atoms with Crippen LogP contribution in [0.25, 0.3) is 0 Å². The van der Waals surface area contributed by atoms with Gasteiger partial charge in [0.1, 0.15) is 6.04 Å². The number of carbonyl (C=O) groups is 2. The van der Waals surface area contributed by atoms with Crippen molar-refractivity contribution in [3.63, 3.8) is 0 Å². The first kappa shape index (κ1) is 15.9. The van der Waals surface area contributed by atoms with Gasteiger partial charge in [0.05, 0.1) is 5.69 Å². The molecule has 0 saturated carbocycles. The van der Waals surface area contributed by atoms with Gasteiger partial charge < -0.3 is 10.6 Å².